The summed E-state index contributed by atoms with van der Waals surface area (Å²) in [6.07, 6.45) is 1.81. The van der Waals surface area contributed by atoms with Crippen LogP contribution in [0.3, 0.4) is 0 Å². The number of aliphatic hydroxyl groups excluding tert-OH is 1. The minimum absolute atomic E-state index is 0.0237. The SMILES string of the molecule is CC/C(=C\C(CO)=N/O)C(C)[N+](=O)[O-]. The van der Waals surface area contributed by atoms with E-state index in [2.05, 4.69) is 5.16 Å². The van der Waals surface area contributed by atoms with E-state index in [0.717, 1.165) is 0 Å². The molecule has 0 aromatic rings. The fraction of sp³-hybridized carbons (Fsp3) is 0.625. The summed E-state index contributed by atoms with van der Waals surface area (Å²) >= 11 is 0. The third-order valence-electron chi connectivity index (χ3n) is 1.90. The molecule has 0 heterocycles. The lowest BCUT2D eigenvalue weighted by Crippen LogP contribution is -2.19. The molecule has 6 nitrogen and oxygen atoms in total. The average molecular weight is 202 g/mol. The Kier molecular flexibility index (Phi) is 5.47. The number of hydrogen-bond donors (Lipinski definition) is 2. The first-order chi connectivity index (χ1) is 6.56. The van der Waals surface area contributed by atoms with Gasteiger partial charge < -0.3 is 10.3 Å². The van der Waals surface area contributed by atoms with Gasteiger partial charge in [0.2, 0.25) is 6.04 Å². The molecule has 80 valence electrons. The summed E-state index contributed by atoms with van der Waals surface area (Å²) in [6, 6.07) is -0.830. The van der Waals surface area contributed by atoms with E-state index in [1.807, 2.05) is 0 Å². The lowest BCUT2D eigenvalue weighted by atomic mass is 10.1. The number of aliphatic hydroxyl groups is 1. The molecule has 0 bridgehead atoms. The van der Waals surface area contributed by atoms with Gasteiger partial charge in [-0.2, -0.15) is 0 Å². The van der Waals surface area contributed by atoms with Gasteiger partial charge in [-0.05, 0) is 12.5 Å². The van der Waals surface area contributed by atoms with Crippen molar-refractivity contribution in [1.29, 1.82) is 0 Å². The Bertz CT molecular complexity index is 260. The fourth-order valence-corrected chi connectivity index (χ4v) is 0.974. The van der Waals surface area contributed by atoms with Crippen molar-refractivity contribution in [2.75, 3.05) is 6.61 Å². The zero-order chi connectivity index (χ0) is 11.1. The van der Waals surface area contributed by atoms with Gasteiger partial charge in [-0.3, -0.25) is 10.1 Å². The number of rotatable bonds is 5. The highest BCUT2D eigenvalue weighted by Gasteiger charge is 2.17. The zero-order valence-corrected chi connectivity index (χ0v) is 8.17. The van der Waals surface area contributed by atoms with Gasteiger partial charge in [0.1, 0.15) is 5.71 Å². The van der Waals surface area contributed by atoms with Crippen LogP contribution in [0.25, 0.3) is 0 Å². The van der Waals surface area contributed by atoms with Crippen LogP contribution in [0.2, 0.25) is 0 Å². The van der Waals surface area contributed by atoms with Gasteiger partial charge in [-0.15, -0.1) is 0 Å². The first-order valence-corrected chi connectivity index (χ1v) is 4.22. The summed E-state index contributed by atoms with van der Waals surface area (Å²) in [4.78, 5) is 10.0. The van der Waals surface area contributed by atoms with Crippen LogP contribution in [0.1, 0.15) is 20.3 Å². The van der Waals surface area contributed by atoms with E-state index in [1.165, 1.54) is 13.0 Å². The monoisotopic (exact) mass is 202 g/mol. The Morgan fingerprint density at radius 2 is 2.29 bits per heavy atom. The van der Waals surface area contributed by atoms with Gasteiger partial charge in [0.05, 0.1) is 6.61 Å². The predicted octanol–water partition coefficient (Wildman–Crippen LogP) is 0.810. The molecular weight excluding hydrogens is 188 g/mol. The van der Waals surface area contributed by atoms with Crippen LogP contribution in [0.5, 0.6) is 0 Å². The summed E-state index contributed by atoms with van der Waals surface area (Å²) in [7, 11) is 0. The molecule has 0 spiro atoms. The Hall–Kier alpha value is -1.43. The van der Waals surface area contributed by atoms with Gasteiger partial charge in [-0.1, -0.05) is 12.1 Å². The van der Waals surface area contributed by atoms with Crippen LogP contribution in [0.4, 0.5) is 0 Å². The molecule has 0 radical (unpaired) electrons. The molecule has 0 saturated carbocycles. The Balaban J connectivity index is 4.78. The van der Waals surface area contributed by atoms with Crippen LogP contribution in [0, 0.1) is 10.1 Å². The molecule has 0 rings (SSSR count). The van der Waals surface area contributed by atoms with Crippen molar-refractivity contribution < 1.29 is 15.2 Å². The third-order valence-corrected chi connectivity index (χ3v) is 1.90. The highest BCUT2D eigenvalue weighted by Crippen LogP contribution is 2.10. The average Bonchev–Trinajstić information content (AvgIpc) is 2.19. The Morgan fingerprint density at radius 1 is 1.71 bits per heavy atom. The molecule has 0 aliphatic carbocycles. The van der Waals surface area contributed by atoms with Crippen molar-refractivity contribution in [3.8, 4) is 0 Å². The second-order valence-corrected chi connectivity index (χ2v) is 2.78. The highest BCUT2D eigenvalue weighted by molar-refractivity contribution is 5.96. The summed E-state index contributed by atoms with van der Waals surface area (Å²) in [6.45, 7) is 2.77. The lowest BCUT2D eigenvalue weighted by molar-refractivity contribution is -0.507. The maximum atomic E-state index is 10.5. The minimum atomic E-state index is -0.830. The maximum absolute atomic E-state index is 10.5. The lowest BCUT2D eigenvalue weighted by Gasteiger charge is -2.06. The largest absolute Gasteiger partial charge is 0.411 e. The molecule has 14 heavy (non-hydrogen) atoms. The van der Waals surface area contributed by atoms with E-state index in [9.17, 15) is 10.1 Å². The van der Waals surface area contributed by atoms with Crippen molar-refractivity contribution in [2.24, 2.45) is 5.16 Å². The van der Waals surface area contributed by atoms with Crippen LogP contribution in [0.15, 0.2) is 16.8 Å². The molecule has 0 aliphatic rings. The smallest absolute Gasteiger partial charge is 0.231 e. The van der Waals surface area contributed by atoms with Crippen molar-refractivity contribution in [1.82, 2.24) is 0 Å². The molecule has 1 atom stereocenters. The number of hydrogen-bond acceptors (Lipinski definition) is 5. The quantitative estimate of drug-likeness (QED) is 0.298. The van der Waals surface area contributed by atoms with E-state index in [4.69, 9.17) is 10.3 Å². The topological polar surface area (TPSA) is 96.0 Å². The summed E-state index contributed by atoms with van der Waals surface area (Å²) in [5.74, 6) is 0. The van der Waals surface area contributed by atoms with Gasteiger partial charge >= 0.3 is 0 Å². The molecule has 2 N–H and O–H groups in total. The normalized spacial score (nSPS) is 15.4. The summed E-state index contributed by atoms with van der Waals surface area (Å²) < 4.78 is 0. The Labute approximate surface area is 81.7 Å². The van der Waals surface area contributed by atoms with E-state index in [0.29, 0.717) is 12.0 Å². The van der Waals surface area contributed by atoms with Crippen molar-refractivity contribution in [2.45, 2.75) is 26.3 Å². The Morgan fingerprint density at radius 3 is 2.57 bits per heavy atom. The van der Waals surface area contributed by atoms with Crippen molar-refractivity contribution in [3.05, 3.63) is 21.8 Å². The second kappa shape index (κ2) is 6.09. The molecule has 0 saturated heterocycles. The zero-order valence-electron chi connectivity index (χ0n) is 8.17. The van der Waals surface area contributed by atoms with E-state index < -0.39 is 17.6 Å². The highest BCUT2D eigenvalue weighted by atomic mass is 16.6. The van der Waals surface area contributed by atoms with Crippen LogP contribution in [-0.2, 0) is 0 Å². The molecule has 0 fully saturated rings. The van der Waals surface area contributed by atoms with Crippen LogP contribution >= 0.6 is 0 Å². The first kappa shape index (κ1) is 12.6. The van der Waals surface area contributed by atoms with E-state index in [-0.39, 0.29) is 5.71 Å². The van der Waals surface area contributed by atoms with E-state index >= 15 is 0 Å². The van der Waals surface area contributed by atoms with Gasteiger partial charge in [0, 0.05) is 17.4 Å². The number of oxime groups is 1. The minimum Gasteiger partial charge on any atom is -0.411 e. The van der Waals surface area contributed by atoms with Gasteiger partial charge in [0.15, 0.2) is 0 Å². The molecule has 0 aliphatic heterocycles. The first-order valence-electron chi connectivity index (χ1n) is 4.22. The molecule has 1 unspecified atom stereocenters. The number of nitrogens with zero attached hydrogens (tertiary/aromatic N) is 2. The van der Waals surface area contributed by atoms with Crippen molar-refractivity contribution in [3.63, 3.8) is 0 Å². The third kappa shape index (κ3) is 3.53. The number of nitro groups is 1. The molecule has 0 aromatic carbocycles. The molecule has 0 amide bonds. The summed E-state index contributed by atoms with van der Waals surface area (Å²) in [5, 5.41) is 30.4. The summed E-state index contributed by atoms with van der Waals surface area (Å²) in [5.41, 5.74) is 0.535. The predicted molar refractivity (Wildman–Crippen MR) is 51.1 cm³/mol. The van der Waals surface area contributed by atoms with Gasteiger partial charge in [-0.25, -0.2) is 0 Å². The van der Waals surface area contributed by atoms with Crippen LogP contribution < -0.4 is 0 Å². The molecule has 6 heteroatoms. The van der Waals surface area contributed by atoms with Crippen molar-refractivity contribution >= 4 is 5.71 Å². The van der Waals surface area contributed by atoms with Gasteiger partial charge in [0.25, 0.3) is 0 Å². The standard InChI is InChI=1S/C8H14N2O4/c1-3-7(6(2)10(13)14)4-8(5-11)9-12/h4,6,11-12H,3,5H2,1-2H3/b7-4+,9-8+. The maximum Gasteiger partial charge on any atom is 0.231 e. The fourth-order valence-electron chi connectivity index (χ4n) is 0.974. The second-order valence-electron chi connectivity index (χ2n) is 2.78. The van der Waals surface area contributed by atoms with E-state index in [1.54, 1.807) is 6.92 Å². The molecule has 0 aromatic heterocycles. The molecular formula is C8H14N2O4. The van der Waals surface area contributed by atoms with Crippen LogP contribution in [-0.4, -0.2) is 33.6 Å².